The normalized spacial score (nSPS) is 32.7. The van der Waals surface area contributed by atoms with Crippen molar-refractivity contribution in [3.8, 4) is 11.4 Å². The fourth-order valence-corrected chi connectivity index (χ4v) is 7.34. The molecule has 5 aliphatic rings. The zero-order valence-corrected chi connectivity index (χ0v) is 19.8. The number of benzene rings is 1. The van der Waals surface area contributed by atoms with Crippen LogP contribution >= 0.6 is 0 Å². The molecule has 2 atom stereocenters. The van der Waals surface area contributed by atoms with E-state index >= 15 is 0 Å². The summed E-state index contributed by atoms with van der Waals surface area (Å²) in [6, 6.07) is 10.3. The third kappa shape index (κ3) is 4.42. The van der Waals surface area contributed by atoms with Crippen molar-refractivity contribution in [3.05, 3.63) is 42.7 Å². The summed E-state index contributed by atoms with van der Waals surface area (Å²) >= 11 is 0. The molecule has 1 saturated heterocycles. The quantitative estimate of drug-likeness (QED) is 0.677. The fourth-order valence-electron chi connectivity index (χ4n) is 7.34. The zero-order valence-electron chi connectivity index (χ0n) is 19.8. The van der Waals surface area contributed by atoms with Crippen LogP contribution in [0, 0.1) is 23.7 Å². The Balaban J connectivity index is 0.929. The van der Waals surface area contributed by atoms with Gasteiger partial charge in [-0.2, -0.15) is 5.10 Å². The second-order valence-electron chi connectivity index (χ2n) is 11.2. The molecule has 2 amide bonds. The average Bonchev–Trinajstić information content (AvgIpc) is 3.36. The number of urea groups is 1. The van der Waals surface area contributed by atoms with Crippen molar-refractivity contribution in [1.29, 1.82) is 0 Å². The van der Waals surface area contributed by atoms with E-state index in [0.29, 0.717) is 30.3 Å². The van der Waals surface area contributed by atoms with Gasteiger partial charge in [0, 0.05) is 31.5 Å². The summed E-state index contributed by atoms with van der Waals surface area (Å²) < 4.78 is 7.81. The van der Waals surface area contributed by atoms with Gasteiger partial charge >= 0.3 is 6.03 Å². The number of ether oxygens (including phenoxy) is 1. The second kappa shape index (κ2) is 8.91. The highest BCUT2D eigenvalue weighted by molar-refractivity contribution is 5.74. The molecule has 34 heavy (non-hydrogen) atoms. The van der Waals surface area contributed by atoms with Crippen LogP contribution in [-0.4, -0.2) is 57.2 Å². The molecule has 1 aliphatic heterocycles. The Kier molecular flexibility index (Phi) is 5.76. The Hall–Kier alpha value is -2.54. The first kappa shape index (κ1) is 22.0. The van der Waals surface area contributed by atoms with Gasteiger partial charge < -0.3 is 20.1 Å². The number of piperidine rings is 1. The first-order chi connectivity index (χ1) is 16.5. The Labute approximate surface area is 201 Å². The summed E-state index contributed by atoms with van der Waals surface area (Å²) in [5.74, 6) is 3.07. The maximum atomic E-state index is 13.0. The number of carbonyl (C=O) groups excluding carboxylic acids is 1. The number of amides is 2. The maximum absolute atomic E-state index is 13.0. The van der Waals surface area contributed by atoms with Gasteiger partial charge in [-0.1, -0.05) is 0 Å². The van der Waals surface area contributed by atoms with E-state index in [2.05, 4.69) is 10.4 Å². The minimum absolute atomic E-state index is 0.108. The lowest BCUT2D eigenvalue weighted by Crippen LogP contribution is -2.63. The van der Waals surface area contributed by atoms with Gasteiger partial charge in [-0.15, -0.1) is 0 Å². The number of hydrogen-bond donors (Lipinski definition) is 2. The van der Waals surface area contributed by atoms with Crippen LogP contribution in [0.3, 0.4) is 0 Å². The predicted octanol–water partition coefficient (Wildman–Crippen LogP) is 4.00. The average molecular weight is 465 g/mol. The molecule has 2 aromatic rings. The van der Waals surface area contributed by atoms with E-state index in [9.17, 15) is 9.90 Å². The Morgan fingerprint density at radius 1 is 1.12 bits per heavy atom. The van der Waals surface area contributed by atoms with Crippen LogP contribution in [0.25, 0.3) is 5.69 Å². The van der Waals surface area contributed by atoms with Crippen molar-refractivity contribution < 1.29 is 14.6 Å². The second-order valence-corrected chi connectivity index (χ2v) is 11.2. The van der Waals surface area contributed by atoms with Gasteiger partial charge in [0.25, 0.3) is 0 Å². The number of nitrogens with zero attached hydrogens (tertiary/aromatic N) is 3. The standard InChI is InChI=1S/C27H36N4O3/c32-26(29-25-21-14-20-15-22(25)18-27(33,16-20)17-21)30-11-6-19(7-12-30)8-13-34-24-4-2-23(3-5-24)31-10-1-9-28-31/h1-5,9-10,19-22,25,33H,6-8,11-18H2,(H,29,32). The van der Waals surface area contributed by atoms with Crippen molar-refractivity contribution in [3.63, 3.8) is 0 Å². The lowest BCUT2D eigenvalue weighted by Gasteiger charge is -2.58. The van der Waals surface area contributed by atoms with E-state index in [1.54, 1.807) is 6.20 Å². The van der Waals surface area contributed by atoms with Crippen molar-refractivity contribution in [2.45, 2.75) is 63.0 Å². The summed E-state index contributed by atoms with van der Waals surface area (Å²) in [5, 5.41) is 18.4. The topological polar surface area (TPSA) is 79.6 Å². The molecule has 4 bridgehead atoms. The minimum atomic E-state index is -0.444. The lowest BCUT2D eigenvalue weighted by molar-refractivity contribution is -0.137. The molecule has 2 N–H and O–H groups in total. The van der Waals surface area contributed by atoms with Crippen molar-refractivity contribution in [2.75, 3.05) is 19.7 Å². The summed E-state index contributed by atoms with van der Waals surface area (Å²) in [7, 11) is 0. The van der Waals surface area contributed by atoms with Crippen LogP contribution in [-0.2, 0) is 0 Å². The molecule has 7 heteroatoms. The molecule has 7 nitrogen and oxygen atoms in total. The van der Waals surface area contributed by atoms with Crippen molar-refractivity contribution in [1.82, 2.24) is 20.0 Å². The van der Waals surface area contributed by atoms with Crippen LogP contribution in [0.15, 0.2) is 42.7 Å². The Morgan fingerprint density at radius 3 is 2.50 bits per heavy atom. The monoisotopic (exact) mass is 464 g/mol. The maximum Gasteiger partial charge on any atom is 0.317 e. The summed E-state index contributed by atoms with van der Waals surface area (Å²) in [6.45, 7) is 2.35. The molecular weight excluding hydrogens is 428 g/mol. The number of rotatable bonds is 6. The van der Waals surface area contributed by atoms with E-state index in [0.717, 1.165) is 63.1 Å². The molecule has 5 fully saturated rings. The third-order valence-corrected chi connectivity index (χ3v) is 8.83. The summed E-state index contributed by atoms with van der Waals surface area (Å²) in [4.78, 5) is 15.0. The summed E-state index contributed by atoms with van der Waals surface area (Å²) in [5.41, 5.74) is 0.576. The van der Waals surface area contributed by atoms with E-state index in [4.69, 9.17) is 4.74 Å². The van der Waals surface area contributed by atoms with E-state index in [1.165, 1.54) is 12.8 Å². The highest BCUT2D eigenvalue weighted by Crippen LogP contribution is 2.55. The molecule has 0 spiro atoms. The molecule has 182 valence electrons. The predicted molar refractivity (Wildman–Crippen MR) is 129 cm³/mol. The van der Waals surface area contributed by atoms with Gasteiger partial charge in [-0.05, 0) is 105 Å². The Bertz CT molecular complexity index is 968. The molecule has 7 rings (SSSR count). The summed E-state index contributed by atoms with van der Waals surface area (Å²) in [6.07, 6.45) is 11.9. The minimum Gasteiger partial charge on any atom is -0.494 e. The number of hydrogen-bond acceptors (Lipinski definition) is 4. The smallest absolute Gasteiger partial charge is 0.317 e. The third-order valence-electron chi connectivity index (χ3n) is 8.83. The molecule has 2 unspecified atom stereocenters. The molecule has 4 aliphatic carbocycles. The first-order valence-electron chi connectivity index (χ1n) is 13.1. The number of nitrogens with one attached hydrogen (secondary N) is 1. The molecule has 0 radical (unpaired) electrons. The molecule has 1 aromatic carbocycles. The SMILES string of the molecule is O=C(NC1C2CC3CC1CC(O)(C3)C2)N1CCC(CCOc2ccc(-n3cccn3)cc2)CC1. The fraction of sp³-hybridized carbons (Fsp3) is 0.630. The van der Waals surface area contributed by atoms with Gasteiger partial charge in [0.1, 0.15) is 5.75 Å². The van der Waals surface area contributed by atoms with E-state index in [-0.39, 0.29) is 12.1 Å². The Morgan fingerprint density at radius 2 is 1.85 bits per heavy atom. The van der Waals surface area contributed by atoms with Crippen LogP contribution < -0.4 is 10.1 Å². The molecule has 1 aromatic heterocycles. The number of aromatic nitrogens is 2. The number of carbonyl (C=O) groups is 1. The van der Waals surface area contributed by atoms with Gasteiger partial charge in [0.2, 0.25) is 0 Å². The van der Waals surface area contributed by atoms with Gasteiger partial charge in [0.15, 0.2) is 0 Å². The highest BCUT2D eigenvalue weighted by atomic mass is 16.5. The first-order valence-corrected chi connectivity index (χ1v) is 13.1. The van der Waals surface area contributed by atoms with Crippen molar-refractivity contribution in [2.24, 2.45) is 23.7 Å². The number of aliphatic hydroxyl groups is 1. The molecular formula is C27H36N4O3. The van der Waals surface area contributed by atoms with E-state index < -0.39 is 5.60 Å². The highest BCUT2D eigenvalue weighted by Gasteiger charge is 2.55. The molecule has 4 saturated carbocycles. The van der Waals surface area contributed by atoms with Crippen LogP contribution in [0.1, 0.15) is 51.4 Å². The van der Waals surface area contributed by atoms with Gasteiger partial charge in [-0.3, -0.25) is 0 Å². The van der Waals surface area contributed by atoms with Crippen LogP contribution in [0.2, 0.25) is 0 Å². The van der Waals surface area contributed by atoms with Crippen molar-refractivity contribution >= 4 is 6.03 Å². The lowest BCUT2D eigenvalue weighted by atomic mass is 9.52. The van der Waals surface area contributed by atoms with Crippen LogP contribution in [0.4, 0.5) is 4.79 Å². The molecule has 2 heterocycles. The zero-order chi connectivity index (χ0) is 23.1. The number of likely N-dealkylation sites (tertiary alicyclic amines) is 1. The largest absolute Gasteiger partial charge is 0.494 e. The van der Waals surface area contributed by atoms with Crippen LogP contribution in [0.5, 0.6) is 5.75 Å². The van der Waals surface area contributed by atoms with Gasteiger partial charge in [-0.25, -0.2) is 9.48 Å². The van der Waals surface area contributed by atoms with Gasteiger partial charge in [0.05, 0.1) is 17.9 Å². The van der Waals surface area contributed by atoms with E-state index in [1.807, 2.05) is 46.1 Å².